The zero-order valence-corrected chi connectivity index (χ0v) is 16.2. The minimum absolute atomic E-state index is 0. The fraction of sp³-hybridized carbons (Fsp3) is 0.214. The first kappa shape index (κ1) is 16.6. The van der Waals surface area contributed by atoms with Crippen molar-refractivity contribution >= 4 is 0 Å². The van der Waals surface area contributed by atoms with Crippen LogP contribution in [0.1, 0.15) is 18.9 Å². The fourth-order valence-electron chi connectivity index (χ4n) is 1.62. The molecule has 0 saturated carbocycles. The van der Waals surface area contributed by atoms with Crippen LogP contribution in [-0.2, 0) is 34.1 Å². The summed E-state index contributed by atoms with van der Waals surface area (Å²) in [6.45, 7) is 2.19. The van der Waals surface area contributed by atoms with Gasteiger partial charge < -0.3 is 12.4 Å². The molecule has 0 amide bonds. The Morgan fingerprint density at radius 3 is 2.71 bits per heavy atom. The first-order valence-electron chi connectivity index (χ1n) is 5.32. The van der Waals surface area contributed by atoms with E-state index in [0.717, 1.165) is 17.7 Å². The largest absolute Gasteiger partial charge is 1.00 e. The number of benzene rings is 1. The van der Waals surface area contributed by atoms with Crippen molar-refractivity contribution in [1.82, 2.24) is 4.98 Å². The van der Waals surface area contributed by atoms with Gasteiger partial charge in [0.1, 0.15) is 0 Å². The molecule has 3 heteroatoms. The van der Waals surface area contributed by atoms with Gasteiger partial charge >= 0.3 is 27.7 Å². The molecule has 0 atom stereocenters. The van der Waals surface area contributed by atoms with Crippen molar-refractivity contribution in [1.29, 1.82) is 0 Å². The second-order valence-corrected chi connectivity index (χ2v) is 3.58. The maximum atomic E-state index is 4.36. The first-order valence-corrected chi connectivity index (χ1v) is 5.32. The molecule has 84 valence electrons. The van der Waals surface area contributed by atoms with E-state index >= 15 is 0 Å². The Morgan fingerprint density at radius 1 is 1.24 bits per heavy atom. The molecular weight excluding hydrogens is 418 g/mol. The summed E-state index contributed by atoms with van der Waals surface area (Å²) in [4.78, 5) is 4.36. The van der Waals surface area contributed by atoms with Gasteiger partial charge in [0.05, 0.1) is 5.69 Å². The quantitative estimate of drug-likeness (QED) is 0.645. The van der Waals surface area contributed by atoms with Crippen molar-refractivity contribution in [3.8, 4) is 11.3 Å². The average molecular weight is 432 g/mol. The van der Waals surface area contributed by atoms with Gasteiger partial charge in [-0.15, -0.1) is 0 Å². The van der Waals surface area contributed by atoms with Gasteiger partial charge in [-0.1, -0.05) is 37.6 Å². The molecule has 0 aliphatic rings. The number of hydrogen-bond donors (Lipinski definition) is 0. The molecule has 0 fully saturated rings. The van der Waals surface area contributed by atoms with E-state index in [4.69, 9.17) is 0 Å². The molecule has 0 aliphatic heterocycles. The Hall–Kier alpha value is -0.405. The predicted octanol–water partition coefficient (Wildman–Crippen LogP) is 0.503. The van der Waals surface area contributed by atoms with Crippen molar-refractivity contribution in [2.75, 3.05) is 0 Å². The maximum absolute atomic E-state index is 4.36. The van der Waals surface area contributed by atoms with Crippen LogP contribution in [0, 0.1) is 6.07 Å². The molecule has 1 heterocycles. The number of rotatable bonds is 3. The Bertz CT molecular complexity index is 431. The van der Waals surface area contributed by atoms with E-state index in [1.54, 1.807) is 0 Å². The number of halogens is 1. The van der Waals surface area contributed by atoms with Crippen LogP contribution in [0.25, 0.3) is 11.3 Å². The van der Waals surface area contributed by atoms with Gasteiger partial charge in [-0.25, -0.2) is 0 Å². The van der Waals surface area contributed by atoms with Crippen LogP contribution in [0.2, 0.25) is 0 Å². The number of nitrogens with zero attached hydrogens (tertiary/aromatic N) is 1. The number of aryl methyl sites for hydroxylation is 1. The van der Waals surface area contributed by atoms with Crippen molar-refractivity contribution in [3.63, 3.8) is 0 Å². The van der Waals surface area contributed by atoms with Gasteiger partial charge in [-0.2, -0.15) is 0 Å². The Morgan fingerprint density at radius 2 is 2.06 bits per heavy atom. The summed E-state index contributed by atoms with van der Waals surface area (Å²) >= 11 is 0. The molecule has 0 bridgehead atoms. The summed E-state index contributed by atoms with van der Waals surface area (Å²) in [6, 6.07) is 15.4. The van der Waals surface area contributed by atoms with Crippen LogP contribution < -0.4 is 12.4 Å². The van der Waals surface area contributed by atoms with E-state index < -0.39 is 0 Å². The van der Waals surface area contributed by atoms with Crippen LogP contribution in [0.4, 0.5) is 0 Å². The zero-order valence-electron chi connectivity index (χ0n) is 9.99. The summed E-state index contributed by atoms with van der Waals surface area (Å²) in [5, 5.41) is 0. The Labute approximate surface area is 130 Å². The normalized spacial score (nSPS) is 9.00. The summed E-state index contributed by atoms with van der Waals surface area (Å²) in [7, 11) is 0. The second kappa shape index (κ2) is 8.65. The molecule has 1 aromatic heterocycles. The third-order valence-electron chi connectivity index (χ3n) is 2.35. The van der Waals surface area contributed by atoms with Gasteiger partial charge in [0.15, 0.2) is 0 Å². The molecule has 0 unspecified atom stereocenters. The topological polar surface area (TPSA) is 12.9 Å². The van der Waals surface area contributed by atoms with Crippen molar-refractivity contribution < 1.29 is 40.1 Å². The fourth-order valence-corrected chi connectivity index (χ4v) is 1.62. The van der Waals surface area contributed by atoms with Gasteiger partial charge in [0.2, 0.25) is 0 Å². The van der Waals surface area contributed by atoms with Crippen molar-refractivity contribution in [2.24, 2.45) is 0 Å². The first-order chi connectivity index (χ1) is 7.40. The van der Waals surface area contributed by atoms with Crippen LogP contribution in [0.15, 0.2) is 42.6 Å². The molecule has 0 N–H and O–H groups in total. The molecule has 2 radical (unpaired) electrons. The van der Waals surface area contributed by atoms with Crippen molar-refractivity contribution in [3.05, 3.63) is 54.2 Å². The summed E-state index contributed by atoms with van der Waals surface area (Å²) in [5.41, 5.74) is 3.43. The molecule has 1 aromatic carbocycles. The monoisotopic (exact) mass is 433 g/mol. The van der Waals surface area contributed by atoms with E-state index in [-0.39, 0.29) is 40.1 Å². The molecule has 1 nitrogen and oxygen atoms in total. The van der Waals surface area contributed by atoms with Gasteiger partial charge in [0.25, 0.3) is 0 Å². The third-order valence-corrected chi connectivity index (χ3v) is 2.35. The Kier molecular flexibility index (Phi) is 8.45. The summed E-state index contributed by atoms with van der Waals surface area (Å²) < 4.78 is 0. The zero-order chi connectivity index (χ0) is 10.5. The SMILES string of the molecule is CCCc1ccnc(-c2[c]cccc2)c1.[Cl-].[Hg+]. The van der Waals surface area contributed by atoms with Crippen LogP contribution in [0.5, 0.6) is 0 Å². The predicted molar refractivity (Wildman–Crippen MR) is 62.5 cm³/mol. The van der Waals surface area contributed by atoms with Gasteiger partial charge in [-0.05, 0) is 30.2 Å². The smallest absolute Gasteiger partial charge is 1.00 e. The second-order valence-electron chi connectivity index (χ2n) is 3.58. The molecule has 2 aromatic rings. The maximum Gasteiger partial charge on any atom is 1.00 e. The molecule has 0 spiro atoms. The minimum atomic E-state index is 0. The van der Waals surface area contributed by atoms with E-state index in [9.17, 15) is 0 Å². The van der Waals surface area contributed by atoms with E-state index in [1.165, 1.54) is 12.0 Å². The molecule has 17 heavy (non-hydrogen) atoms. The third kappa shape index (κ3) is 4.76. The number of hydrogen-bond acceptors (Lipinski definition) is 1. The summed E-state index contributed by atoms with van der Waals surface area (Å²) in [5.74, 6) is 0. The van der Waals surface area contributed by atoms with Crippen LogP contribution in [0.3, 0.4) is 0 Å². The standard InChI is InChI=1S/C14H14N.ClH.Hg/c1-2-6-12-9-10-15-14(11-12)13-7-4-3-5-8-13;;/h3-5,7,9-11H,2,6H2,1H3;1H;/q;;+1/p-1. The van der Waals surface area contributed by atoms with Crippen LogP contribution >= 0.6 is 0 Å². The van der Waals surface area contributed by atoms with E-state index in [2.05, 4.69) is 30.1 Å². The number of aromatic nitrogens is 1. The average Bonchev–Trinajstić information content (AvgIpc) is 2.31. The number of pyridine rings is 1. The summed E-state index contributed by atoms with van der Waals surface area (Å²) in [6.07, 6.45) is 4.16. The molecular formula is C14H14ClHgN. The Balaban J connectivity index is 0.00000128. The molecule has 2 rings (SSSR count). The van der Waals surface area contributed by atoms with Gasteiger partial charge in [-0.3, -0.25) is 4.98 Å². The van der Waals surface area contributed by atoms with E-state index in [0.29, 0.717) is 0 Å². The molecule has 0 aliphatic carbocycles. The minimum Gasteiger partial charge on any atom is -1.00 e. The molecule has 0 saturated heterocycles. The van der Waals surface area contributed by atoms with Crippen molar-refractivity contribution in [2.45, 2.75) is 19.8 Å². The van der Waals surface area contributed by atoms with Crippen LogP contribution in [-0.4, -0.2) is 4.98 Å². The van der Waals surface area contributed by atoms with Gasteiger partial charge in [0, 0.05) is 11.8 Å². The van der Waals surface area contributed by atoms with E-state index in [1.807, 2.05) is 30.5 Å².